The summed E-state index contributed by atoms with van der Waals surface area (Å²) in [6.07, 6.45) is 0.722. The molecule has 84 valence electrons. The Labute approximate surface area is 92.5 Å². The van der Waals surface area contributed by atoms with Crippen molar-refractivity contribution < 1.29 is 4.79 Å². The van der Waals surface area contributed by atoms with Gasteiger partial charge < -0.3 is 10.5 Å². The van der Waals surface area contributed by atoms with E-state index in [0.717, 1.165) is 6.42 Å². The van der Waals surface area contributed by atoms with E-state index in [1.165, 1.54) is 5.56 Å². The molecular formula is C13H21NO. The van der Waals surface area contributed by atoms with Gasteiger partial charge in [0.15, 0.2) is 0 Å². The van der Waals surface area contributed by atoms with Crippen LogP contribution in [-0.4, -0.2) is 5.78 Å². The summed E-state index contributed by atoms with van der Waals surface area (Å²) in [4.78, 5) is 10.3. The molecule has 0 aromatic heterocycles. The topological polar surface area (TPSA) is 43.1 Å². The van der Waals surface area contributed by atoms with E-state index in [9.17, 15) is 4.79 Å². The van der Waals surface area contributed by atoms with Crippen LogP contribution in [0.5, 0.6) is 0 Å². The first-order valence-electron chi connectivity index (χ1n) is 5.29. The molecule has 2 N–H and O–H groups in total. The molecule has 0 aliphatic carbocycles. The summed E-state index contributed by atoms with van der Waals surface area (Å²) < 4.78 is 0. The molecule has 0 unspecified atom stereocenters. The molecule has 0 atom stereocenters. The number of carbonyl (C=O) groups excluding carboxylic acids is 1. The Morgan fingerprint density at radius 3 is 2.00 bits per heavy atom. The van der Waals surface area contributed by atoms with Crippen LogP contribution < -0.4 is 5.73 Å². The predicted molar refractivity (Wildman–Crippen MR) is 64.5 cm³/mol. The third-order valence-electron chi connectivity index (χ3n) is 1.77. The molecule has 15 heavy (non-hydrogen) atoms. The first kappa shape index (κ1) is 13.8. The highest BCUT2D eigenvalue weighted by Crippen LogP contribution is 1.97. The maximum Gasteiger partial charge on any atom is 0.130 e. The molecule has 0 bridgehead atoms. The molecule has 2 heteroatoms. The number of carbonyl (C=O) groups is 1. The second kappa shape index (κ2) is 8.18. The number of Topliss-reactive ketones (excluding diaryl/α,β-unsaturated/α-hetero) is 1. The number of benzene rings is 1. The Morgan fingerprint density at radius 2 is 1.80 bits per heavy atom. The third-order valence-corrected chi connectivity index (χ3v) is 1.77. The van der Waals surface area contributed by atoms with Gasteiger partial charge in [0.1, 0.15) is 5.78 Å². The van der Waals surface area contributed by atoms with E-state index in [-0.39, 0.29) is 5.78 Å². The molecular weight excluding hydrogens is 186 g/mol. The van der Waals surface area contributed by atoms with Crippen molar-refractivity contribution in [1.29, 1.82) is 0 Å². The maximum absolute atomic E-state index is 10.3. The Kier molecular flexibility index (Phi) is 7.56. The van der Waals surface area contributed by atoms with Crippen LogP contribution >= 0.6 is 0 Å². The smallest absolute Gasteiger partial charge is 0.130 e. The number of ketones is 1. The molecule has 0 aliphatic heterocycles. The van der Waals surface area contributed by atoms with Crippen molar-refractivity contribution >= 4 is 5.78 Å². The second-order valence-corrected chi connectivity index (χ2v) is 3.99. The SMILES string of the molecule is CC(=O)CC(C)C.NCc1ccccc1. The minimum atomic E-state index is 0.287. The van der Waals surface area contributed by atoms with Crippen molar-refractivity contribution in [3.05, 3.63) is 35.9 Å². The van der Waals surface area contributed by atoms with E-state index in [2.05, 4.69) is 0 Å². The third kappa shape index (κ3) is 9.16. The lowest BCUT2D eigenvalue weighted by Crippen LogP contribution is -1.95. The summed E-state index contributed by atoms with van der Waals surface area (Å²) >= 11 is 0. The molecule has 1 rings (SSSR count). The van der Waals surface area contributed by atoms with Gasteiger partial charge in [-0.1, -0.05) is 44.2 Å². The molecule has 0 heterocycles. The first-order chi connectivity index (χ1) is 7.06. The lowest BCUT2D eigenvalue weighted by Gasteiger charge is -1.95. The molecule has 2 nitrogen and oxygen atoms in total. The van der Waals surface area contributed by atoms with E-state index >= 15 is 0 Å². The van der Waals surface area contributed by atoms with Crippen molar-refractivity contribution in [3.63, 3.8) is 0 Å². The molecule has 1 aromatic rings. The highest BCUT2D eigenvalue weighted by molar-refractivity contribution is 5.75. The molecule has 0 fully saturated rings. The fourth-order valence-electron chi connectivity index (χ4n) is 1.19. The van der Waals surface area contributed by atoms with Crippen LogP contribution in [0.25, 0.3) is 0 Å². The first-order valence-corrected chi connectivity index (χ1v) is 5.29. The fourth-order valence-corrected chi connectivity index (χ4v) is 1.19. The zero-order chi connectivity index (χ0) is 11.7. The minimum Gasteiger partial charge on any atom is -0.326 e. The van der Waals surface area contributed by atoms with E-state index in [4.69, 9.17) is 5.73 Å². The zero-order valence-corrected chi connectivity index (χ0v) is 9.86. The zero-order valence-electron chi connectivity index (χ0n) is 9.86. The normalized spacial score (nSPS) is 9.40. The molecule has 0 saturated carbocycles. The number of nitrogens with two attached hydrogens (primary N) is 1. The van der Waals surface area contributed by atoms with E-state index < -0.39 is 0 Å². The average molecular weight is 207 g/mol. The summed E-state index contributed by atoms with van der Waals surface area (Å²) in [6, 6.07) is 9.99. The van der Waals surface area contributed by atoms with Gasteiger partial charge in [0.2, 0.25) is 0 Å². The second-order valence-electron chi connectivity index (χ2n) is 3.99. The van der Waals surface area contributed by atoms with Crippen LogP contribution in [0, 0.1) is 5.92 Å². The Hall–Kier alpha value is -1.15. The summed E-state index contributed by atoms with van der Waals surface area (Å²) in [5.74, 6) is 0.813. The maximum atomic E-state index is 10.3. The highest BCUT2D eigenvalue weighted by Gasteiger charge is 1.95. The number of hydrogen-bond donors (Lipinski definition) is 1. The molecule has 0 aliphatic rings. The van der Waals surface area contributed by atoms with Crippen molar-refractivity contribution in [2.75, 3.05) is 0 Å². The van der Waals surface area contributed by atoms with Crippen LogP contribution in [-0.2, 0) is 11.3 Å². The van der Waals surface area contributed by atoms with Crippen molar-refractivity contribution in [1.82, 2.24) is 0 Å². The van der Waals surface area contributed by atoms with Gasteiger partial charge in [0.25, 0.3) is 0 Å². The van der Waals surface area contributed by atoms with Gasteiger partial charge in [0.05, 0.1) is 0 Å². The minimum absolute atomic E-state index is 0.287. The highest BCUT2D eigenvalue weighted by atomic mass is 16.1. The van der Waals surface area contributed by atoms with Gasteiger partial charge in [-0.2, -0.15) is 0 Å². The van der Waals surface area contributed by atoms with Crippen molar-refractivity contribution in [3.8, 4) is 0 Å². The number of hydrogen-bond acceptors (Lipinski definition) is 2. The van der Waals surface area contributed by atoms with Gasteiger partial charge in [-0.05, 0) is 18.4 Å². The quantitative estimate of drug-likeness (QED) is 0.828. The molecule has 0 amide bonds. The fraction of sp³-hybridized carbons (Fsp3) is 0.462. The summed E-state index contributed by atoms with van der Waals surface area (Å²) in [7, 11) is 0. The van der Waals surface area contributed by atoms with Gasteiger partial charge in [-0.15, -0.1) is 0 Å². The van der Waals surface area contributed by atoms with Crippen LogP contribution in [0.4, 0.5) is 0 Å². The van der Waals surface area contributed by atoms with Crippen molar-refractivity contribution in [2.45, 2.75) is 33.7 Å². The van der Waals surface area contributed by atoms with Crippen LogP contribution in [0.1, 0.15) is 32.8 Å². The summed E-state index contributed by atoms with van der Waals surface area (Å²) in [5.41, 5.74) is 6.54. The summed E-state index contributed by atoms with van der Waals surface area (Å²) in [6.45, 7) is 6.35. The summed E-state index contributed by atoms with van der Waals surface area (Å²) in [5, 5.41) is 0. The lowest BCUT2D eigenvalue weighted by atomic mass is 10.1. The van der Waals surface area contributed by atoms with E-state index in [1.54, 1.807) is 6.92 Å². The number of rotatable bonds is 3. The van der Waals surface area contributed by atoms with E-state index in [0.29, 0.717) is 12.5 Å². The van der Waals surface area contributed by atoms with Gasteiger partial charge in [0, 0.05) is 13.0 Å². The van der Waals surface area contributed by atoms with Crippen molar-refractivity contribution in [2.24, 2.45) is 11.7 Å². The van der Waals surface area contributed by atoms with Crippen LogP contribution in [0.2, 0.25) is 0 Å². The predicted octanol–water partition coefficient (Wildman–Crippen LogP) is 2.77. The average Bonchev–Trinajstić information content (AvgIpc) is 2.18. The molecule has 0 saturated heterocycles. The molecule has 0 spiro atoms. The Bertz CT molecular complexity index is 267. The Morgan fingerprint density at radius 1 is 1.27 bits per heavy atom. The van der Waals surface area contributed by atoms with Crippen LogP contribution in [0.15, 0.2) is 30.3 Å². The van der Waals surface area contributed by atoms with E-state index in [1.807, 2.05) is 44.2 Å². The Balaban J connectivity index is 0.000000265. The van der Waals surface area contributed by atoms with Gasteiger partial charge in [-0.3, -0.25) is 0 Å². The van der Waals surface area contributed by atoms with Gasteiger partial charge >= 0.3 is 0 Å². The standard InChI is InChI=1S/C7H9N.C6H12O/c8-6-7-4-2-1-3-5-7;1-5(2)4-6(3)7/h1-5H,6,8H2;5H,4H2,1-3H3. The lowest BCUT2D eigenvalue weighted by molar-refractivity contribution is -0.117. The largest absolute Gasteiger partial charge is 0.326 e. The molecule has 1 aromatic carbocycles. The monoisotopic (exact) mass is 207 g/mol. The van der Waals surface area contributed by atoms with Gasteiger partial charge in [-0.25, -0.2) is 0 Å². The van der Waals surface area contributed by atoms with Crippen LogP contribution in [0.3, 0.4) is 0 Å². The molecule has 0 radical (unpaired) electrons.